The molecule has 2 heteroatoms. The summed E-state index contributed by atoms with van der Waals surface area (Å²) >= 11 is 0. The quantitative estimate of drug-likeness (QED) is 0.587. The van der Waals surface area contributed by atoms with Gasteiger partial charge in [0, 0.05) is 0 Å². The number of benzene rings is 1. The van der Waals surface area contributed by atoms with Crippen molar-refractivity contribution < 1.29 is 0 Å². The molecular formula is C14H22N2. The third kappa shape index (κ3) is 2.22. The molecule has 0 radical (unpaired) electrons. The first kappa shape index (κ1) is 11.5. The van der Waals surface area contributed by atoms with Crippen molar-refractivity contribution in [3.8, 4) is 0 Å². The van der Waals surface area contributed by atoms with Crippen molar-refractivity contribution in [2.75, 3.05) is 5.43 Å². The lowest BCUT2D eigenvalue weighted by atomic mass is 9.83. The van der Waals surface area contributed by atoms with Crippen LogP contribution in [0.25, 0.3) is 0 Å². The molecule has 0 spiro atoms. The second kappa shape index (κ2) is 4.88. The monoisotopic (exact) mass is 218 g/mol. The van der Waals surface area contributed by atoms with E-state index in [1.54, 1.807) is 0 Å². The summed E-state index contributed by atoms with van der Waals surface area (Å²) in [6.07, 6.45) is 6.84. The number of nitrogens with one attached hydrogen (secondary N) is 1. The summed E-state index contributed by atoms with van der Waals surface area (Å²) in [6, 6.07) is 4.57. The van der Waals surface area contributed by atoms with Gasteiger partial charge in [0.1, 0.15) is 0 Å². The highest BCUT2D eigenvalue weighted by Gasteiger charge is 2.16. The summed E-state index contributed by atoms with van der Waals surface area (Å²) < 4.78 is 0. The molecule has 0 saturated heterocycles. The van der Waals surface area contributed by atoms with Crippen molar-refractivity contribution in [1.82, 2.24) is 0 Å². The number of rotatable bonds is 2. The molecule has 0 heterocycles. The maximum atomic E-state index is 5.57. The second-order valence-electron chi connectivity index (χ2n) is 4.99. The Bertz CT molecular complexity index is 365. The van der Waals surface area contributed by atoms with Gasteiger partial charge in [-0.2, -0.15) is 0 Å². The van der Waals surface area contributed by atoms with E-state index in [9.17, 15) is 0 Å². The molecule has 1 aliphatic rings. The van der Waals surface area contributed by atoms with Crippen molar-refractivity contribution >= 4 is 5.69 Å². The highest BCUT2D eigenvalue weighted by molar-refractivity contribution is 5.55. The van der Waals surface area contributed by atoms with E-state index in [1.807, 2.05) is 0 Å². The average Bonchev–Trinajstić information content (AvgIpc) is 2.33. The van der Waals surface area contributed by atoms with Crippen LogP contribution in [-0.2, 0) is 0 Å². The minimum Gasteiger partial charge on any atom is -0.324 e. The van der Waals surface area contributed by atoms with Crippen molar-refractivity contribution in [2.24, 2.45) is 5.84 Å². The lowest BCUT2D eigenvalue weighted by Crippen LogP contribution is -2.11. The number of aryl methyl sites for hydroxylation is 1. The van der Waals surface area contributed by atoms with Crippen LogP contribution in [0.2, 0.25) is 0 Å². The zero-order valence-electron chi connectivity index (χ0n) is 10.3. The lowest BCUT2D eigenvalue weighted by Gasteiger charge is -2.23. The van der Waals surface area contributed by atoms with E-state index in [4.69, 9.17) is 5.84 Å². The molecule has 0 unspecified atom stereocenters. The third-order valence-corrected chi connectivity index (χ3v) is 3.92. The molecule has 3 N–H and O–H groups in total. The van der Waals surface area contributed by atoms with Crippen LogP contribution in [0.5, 0.6) is 0 Å². The van der Waals surface area contributed by atoms with Crippen LogP contribution in [0.15, 0.2) is 12.1 Å². The average molecular weight is 218 g/mol. The Kier molecular flexibility index (Phi) is 3.49. The van der Waals surface area contributed by atoms with Crippen molar-refractivity contribution in [1.29, 1.82) is 0 Å². The van der Waals surface area contributed by atoms with Crippen LogP contribution in [0, 0.1) is 13.8 Å². The summed E-state index contributed by atoms with van der Waals surface area (Å²) in [5.41, 5.74) is 7.98. The molecule has 88 valence electrons. The molecule has 1 saturated carbocycles. The zero-order chi connectivity index (χ0) is 11.5. The van der Waals surface area contributed by atoms with Crippen LogP contribution >= 0.6 is 0 Å². The van der Waals surface area contributed by atoms with Gasteiger partial charge in [0.05, 0.1) is 5.69 Å². The number of anilines is 1. The Morgan fingerprint density at radius 2 is 1.81 bits per heavy atom. The van der Waals surface area contributed by atoms with E-state index in [-0.39, 0.29) is 0 Å². The molecule has 16 heavy (non-hydrogen) atoms. The standard InChI is InChI=1S/C14H22N2/c1-10-8-13(9-14(16-15)11(10)2)12-6-4-3-5-7-12/h8-9,12,16H,3-7,15H2,1-2H3. The minimum absolute atomic E-state index is 0.750. The number of hydrogen-bond acceptors (Lipinski definition) is 2. The molecule has 0 aromatic heterocycles. The molecule has 0 aliphatic heterocycles. The number of hydrogen-bond donors (Lipinski definition) is 2. The summed E-state index contributed by atoms with van der Waals surface area (Å²) in [5, 5.41) is 0. The topological polar surface area (TPSA) is 38.0 Å². The molecule has 1 fully saturated rings. The van der Waals surface area contributed by atoms with E-state index in [2.05, 4.69) is 31.4 Å². The summed E-state index contributed by atoms with van der Waals surface area (Å²) in [6.45, 7) is 4.29. The Labute approximate surface area is 98.2 Å². The predicted molar refractivity (Wildman–Crippen MR) is 69.6 cm³/mol. The molecule has 0 amide bonds. The molecule has 2 rings (SSSR count). The van der Waals surface area contributed by atoms with Crippen LogP contribution < -0.4 is 11.3 Å². The molecule has 1 aromatic rings. The van der Waals surface area contributed by atoms with E-state index in [0.717, 1.165) is 11.6 Å². The van der Waals surface area contributed by atoms with Gasteiger partial charge in [-0.05, 0) is 55.4 Å². The fraction of sp³-hybridized carbons (Fsp3) is 0.571. The minimum atomic E-state index is 0.750. The lowest BCUT2D eigenvalue weighted by molar-refractivity contribution is 0.443. The van der Waals surface area contributed by atoms with Gasteiger partial charge in [-0.3, -0.25) is 5.84 Å². The fourth-order valence-electron chi connectivity index (χ4n) is 2.71. The Morgan fingerprint density at radius 3 is 2.44 bits per heavy atom. The highest BCUT2D eigenvalue weighted by atomic mass is 15.2. The van der Waals surface area contributed by atoms with Gasteiger partial charge in [-0.1, -0.05) is 25.3 Å². The molecule has 1 aromatic carbocycles. The normalized spacial score (nSPS) is 17.4. The van der Waals surface area contributed by atoms with Gasteiger partial charge in [0.2, 0.25) is 0 Å². The van der Waals surface area contributed by atoms with Crippen molar-refractivity contribution in [3.63, 3.8) is 0 Å². The van der Waals surface area contributed by atoms with Gasteiger partial charge < -0.3 is 5.43 Å². The second-order valence-corrected chi connectivity index (χ2v) is 4.99. The molecule has 2 nitrogen and oxygen atoms in total. The van der Waals surface area contributed by atoms with Crippen LogP contribution in [0.1, 0.15) is 54.7 Å². The van der Waals surface area contributed by atoms with Gasteiger partial charge >= 0.3 is 0 Å². The fourth-order valence-corrected chi connectivity index (χ4v) is 2.71. The highest BCUT2D eigenvalue weighted by Crippen LogP contribution is 2.35. The van der Waals surface area contributed by atoms with E-state index < -0.39 is 0 Å². The summed E-state index contributed by atoms with van der Waals surface area (Å²) in [7, 11) is 0. The molecule has 0 atom stereocenters. The number of hydrazine groups is 1. The van der Waals surface area contributed by atoms with Crippen molar-refractivity contribution in [2.45, 2.75) is 51.9 Å². The molecular weight excluding hydrogens is 196 g/mol. The largest absolute Gasteiger partial charge is 0.324 e. The Balaban J connectivity index is 2.29. The predicted octanol–water partition coefficient (Wildman–Crippen LogP) is 3.64. The van der Waals surface area contributed by atoms with Crippen LogP contribution in [0.4, 0.5) is 5.69 Å². The van der Waals surface area contributed by atoms with Crippen LogP contribution in [0.3, 0.4) is 0 Å². The first-order valence-corrected chi connectivity index (χ1v) is 6.30. The maximum absolute atomic E-state index is 5.57. The van der Waals surface area contributed by atoms with Gasteiger partial charge in [-0.15, -0.1) is 0 Å². The van der Waals surface area contributed by atoms with Crippen LogP contribution in [-0.4, -0.2) is 0 Å². The Hall–Kier alpha value is -1.02. The van der Waals surface area contributed by atoms with Gasteiger partial charge in [-0.25, -0.2) is 0 Å². The first-order chi connectivity index (χ1) is 7.72. The summed E-state index contributed by atoms with van der Waals surface area (Å²) in [5.74, 6) is 6.32. The maximum Gasteiger partial charge on any atom is 0.0519 e. The molecule has 0 bridgehead atoms. The number of nitrogen functional groups attached to an aromatic ring is 1. The first-order valence-electron chi connectivity index (χ1n) is 6.30. The van der Waals surface area contributed by atoms with Gasteiger partial charge in [0.25, 0.3) is 0 Å². The van der Waals surface area contributed by atoms with E-state index in [0.29, 0.717) is 0 Å². The van der Waals surface area contributed by atoms with Gasteiger partial charge in [0.15, 0.2) is 0 Å². The Morgan fingerprint density at radius 1 is 1.12 bits per heavy atom. The van der Waals surface area contributed by atoms with E-state index >= 15 is 0 Å². The third-order valence-electron chi connectivity index (χ3n) is 3.92. The molecule has 1 aliphatic carbocycles. The summed E-state index contributed by atoms with van der Waals surface area (Å²) in [4.78, 5) is 0. The SMILES string of the molecule is Cc1cc(C2CCCCC2)cc(NN)c1C. The smallest absolute Gasteiger partial charge is 0.0519 e. The van der Waals surface area contributed by atoms with E-state index in [1.165, 1.54) is 48.8 Å². The number of nitrogens with two attached hydrogens (primary N) is 1. The van der Waals surface area contributed by atoms with Crippen molar-refractivity contribution in [3.05, 3.63) is 28.8 Å². The zero-order valence-corrected chi connectivity index (χ0v) is 10.3.